The Morgan fingerprint density at radius 2 is 1.62 bits per heavy atom. The van der Waals surface area contributed by atoms with Crippen molar-refractivity contribution in [3.63, 3.8) is 0 Å². The molecule has 4 nitrogen and oxygen atoms in total. The molecule has 0 saturated carbocycles. The van der Waals surface area contributed by atoms with Crippen LogP contribution in [-0.2, 0) is 5.75 Å². The van der Waals surface area contributed by atoms with Gasteiger partial charge in [-0.05, 0) is 35.9 Å². The number of thioether (sulfide) groups is 1. The van der Waals surface area contributed by atoms with Crippen molar-refractivity contribution in [2.24, 2.45) is 0 Å². The Labute approximate surface area is 173 Å². The van der Waals surface area contributed by atoms with Crippen molar-refractivity contribution in [2.45, 2.75) is 10.8 Å². The fourth-order valence-electron chi connectivity index (χ4n) is 3.41. The number of methoxy groups -OCH3 is 1. The largest absolute Gasteiger partial charge is 0.497 e. The van der Waals surface area contributed by atoms with Gasteiger partial charge in [0.05, 0.1) is 23.7 Å². The minimum atomic E-state index is 0.830. The monoisotopic (exact) mass is 397 g/mol. The second-order valence-electron chi connectivity index (χ2n) is 6.73. The predicted octanol–water partition coefficient (Wildman–Crippen LogP) is 5.87. The van der Waals surface area contributed by atoms with Crippen molar-refractivity contribution in [3.05, 3.63) is 90.6 Å². The molecule has 2 heterocycles. The van der Waals surface area contributed by atoms with Gasteiger partial charge in [-0.1, -0.05) is 48.5 Å². The molecule has 0 unspecified atom stereocenters. The number of hydrogen-bond acceptors (Lipinski definition) is 4. The van der Waals surface area contributed by atoms with Gasteiger partial charge in [0.15, 0.2) is 0 Å². The van der Waals surface area contributed by atoms with E-state index in [2.05, 4.69) is 35.3 Å². The van der Waals surface area contributed by atoms with E-state index in [1.165, 1.54) is 5.56 Å². The van der Waals surface area contributed by atoms with Gasteiger partial charge in [-0.15, -0.1) is 11.8 Å². The molecule has 5 aromatic rings. The first-order chi connectivity index (χ1) is 14.3. The van der Waals surface area contributed by atoms with Crippen LogP contribution in [0.3, 0.4) is 0 Å². The molecule has 0 aliphatic heterocycles. The number of ether oxygens (including phenoxy) is 1. The summed E-state index contributed by atoms with van der Waals surface area (Å²) in [7, 11) is 1.68. The SMILES string of the molecule is COc1ccc(-n2nc3c(cnc4ccccc43)c2SCc2ccccc2)cc1. The van der Waals surface area contributed by atoms with Crippen LogP contribution in [0.4, 0.5) is 0 Å². The third-order valence-corrected chi connectivity index (χ3v) is 6.05. The molecule has 0 aliphatic rings. The van der Waals surface area contributed by atoms with Gasteiger partial charge in [0, 0.05) is 17.3 Å². The molecule has 5 rings (SSSR count). The van der Waals surface area contributed by atoms with Gasteiger partial charge in [-0.25, -0.2) is 4.68 Å². The van der Waals surface area contributed by atoms with Crippen molar-refractivity contribution in [3.8, 4) is 11.4 Å². The molecule has 5 heteroatoms. The highest BCUT2D eigenvalue weighted by Crippen LogP contribution is 2.35. The van der Waals surface area contributed by atoms with Crippen LogP contribution >= 0.6 is 11.8 Å². The number of rotatable bonds is 5. The summed E-state index contributed by atoms with van der Waals surface area (Å²) in [5.41, 5.74) is 4.21. The second kappa shape index (κ2) is 7.60. The normalized spacial score (nSPS) is 11.2. The van der Waals surface area contributed by atoms with Crippen molar-refractivity contribution >= 4 is 33.6 Å². The lowest BCUT2D eigenvalue weighted by Gasteiger charge is -2.08. The van der Waals surface area contributed by atoms with E-state index in [-0.39, 0.29) is 0 Å². The molecule has 2 aromatic heterocycles. The van der Waals surface area contributed by atoms with Crippen molar-refractivity contribution in [2.75, 3.05) is 7.11 Å². The molecule has 0 amide bonds. The molecule has 0 bridgehead atoms. The highest BCUT2D eigenvalue weighted by molar-refractivity contribution is 7.98. The maximum Gasteiger partial charge on any atom is 0.119 e. The summed E-state index contributed by atoms with van der Waals surface area (Å²) in [6.45, 7) is 0. The van der Waals surface area contributed by atoms with E-state index in [1.807, 2.05) is 59.4 Å². The van der Waals surface area contributed by atoms with Crippen molar-refractivity contribution in [1.29, 1.82) is 0 Å². The number of fused-ring (bicyclic) bond motifs is 3. The molecule has 0 radical (unpaired) electrons. The molecule has 0 fully saturated rings. The van der Waals surface area contributed by atoms with Gasteiger partial charge in [-0.2, -0.15) is 5.10 Å². The van der Waals surface area contributed by atoms with E-state index in [1.54, 1.807) is 18.9 Å². The summed E-state index contributed by atoms with van der Waals surface area (Å²) in [5.74, 6) is 1.70. The lowest BCUT2D eigenvalue weighted by molar-refractivity contribution is 0.414. The molecular weight excluding hydrogens is 378 g/mol. The van der Waals surface area contributed by atoms with Crippen LogP contribution in [0.25, 0.3) is 27.5 Å². The number of para-hydroxylation sites is 1. The Balaban J connectivity index is 1.67. The van der Waals surface area contributed by atoms with E-state index < -0.39 is 0 Å². The smallest absolute Gasteiger partial charge is 0.119 e. The maximum absolute atomic E-state index is 5.31. The molecule has 0 aliphatic carbocycles. The number of pyridine rings is 1. The van der Waals surface area contributed by atoms with Crippen molar-refractivity contribution in [1.82, 2.24) is 14.8 Å². The average Bonchev–Trinajstić information content (AvgIpc) is 3.17. The van der Waals surface area contributed by atoms with Crippen LogP contribution < -0.4 is 4.74 Å². The summed E-state index contributed by atoms with van der Waals surface area (Å²) in [5, 5.41) is 8.22. The zero-order valence-corrected chi connectivity index (χ0v) is 16.8. The minimum absolute atomic E-state index is 0.830. The van der Waals surface area contributed by atoms with E-state index in [4.69, 9.17) is 9.84 Å². The minimum Gasteiger partial charge on any atom is -0.497 e. The van der Waals surface area contributed by atoms with Gasteiger partial charge < -0.3 is 4.74 Å². The van der Waals surface area contributed by atoms with Crippen LogP contribution in [0.15, 0.2) is 90.1 Å². The highest BCUT2D eigenvalue weighted by Gasteiger charge is 2.16. The molecule has 0 N–H and O–H groups in total. The fourth-order valence-corrected chi connectivity index (χ4v) is 4.48. The Morgan fingerprint density at radius 3 is 2.41 bits per heavy atom. The zero-order valence-electron chi connectivity index (χ0n) is 15.9. The van der Waals surface area contributed by atoms with Crippen LogP contribution in [0.5, 0.6) is 5.75 Å². The van der Waals surface area contributed by atoms with E-state index in [0.29, 0.717) is 0 Å². The number of benzene rings is 3. The molecular formula is C24H19N3OS. The first-order valence-corrected chi connectivity index (χ1v) is 10.4. The van der Waals surface area contributed by atoms with Crippen LogP contribution in [0, 0.1) is 0 Å². The van der Waals surface area contributed by atoms with Crippen molar-refractivity contribution < 1.29 is 4.74 Å². The highest BCUT2D eigenvalue weighted by atomic mass is 32.2. The molecule has 142 valence electrons. The van der Waals surface area contributed by atoms with Gasteiger partial charge in [0.2, 0.25) is 0 Å². The lowest BCUT2D eigenvalue weighted by Crippen LogP contribution is -1.98. The Kier molecular flexibility index (Phi) is 4.66. The molecule has 3 aromatic carbocycles. The third-order valence-electron chi connectivity index (χ3n) is 4.91. The number of aromatic nitrogens is 3. The topological polar surface area (TPSA) is 39.9 Å². The van der Waals surface area contributed by atoms with Gasteiger partial charge in [-0.3, -0.25) is 4.98 Å². The standard InChI is InChI=1S/C24H19N3OS/c1-28-19-13-11-18(12-14-19)27-24(29-16-17-7-3-2-4-8-17)21-15-25-22-10-6-5-9-20(22)23(21)26-27/h2-15H,16H2,1H3. The number of nitrogens with zero attached hydrogens (tertiary/aromatic N) is 3. The quantitative estimate of drug-likeness (QED) is 0.348. The molecule has 0 spiro atoms. The summed E-state index contributed by atoms with van der Waals surface area (Å²) in [4.78, 5) is 4.67. The fraction of sp³-hybridized carbons (Fsp3) is 0.0833. The van der Waals surface area contributed by atoms with E-state index in [0.717, 1.165) is 44.0 Å². The Morgan fingerprint density at radius 1 is 0.862 bits per heavy atom. The second-order valence-corrected chi connectivity index (χ2v) is 7.69. The summed E-state index contributed by atoms with van der Waals surface area (Å²) < 4.78 is 7.33. The van der Waals surface area contributed by atoms with Gasteiger partial charge in [0.25, 0.3) is 0 Å². The van der Waals surface area contributed by atoms with E-state index in [9.17, 15) is 0 Å². The summed E-state index contributed by atoms with van der Waals surface area (Å²) in [6, 6.07) is 26.6. The zero-order chi connectivity index (χ0) is 19.6. The summed E-state index contributed by atoms with van der Waals surface area (Å²) in [6.07, 6.45) is 1.94. The molecule has 0 saturated heterocycles. The number of hydrogen-bond donors (Lipinski definition) is 0. The van der Waals surface area contributed by atoms with Gasteiger partial charge >= 0.3 is 0 Å². The predicted molar refractivity (Wildman–Crippen MR) is 119 cm³/mol. The first kappa shape index (κ1) is 17.8. The molecule has 29 heavy (non-hydrogen) atoms. The summed E-state index contributed by atoms with van der Waals surface area (Å²) >= 11 is 1.78. The Hall–Kier alpha value is -3.31. The van der Waals surface area contributed by atoms with E-state index >= 15 is 0 Å². The Bertz CT molecular complexity index is 1280. The van der Waals surface area contributed by atoms with Gasteiger partial charge in [0.1, 0.15) is 16.3 Å². The maximum atomic E-state index is 5.31. The lowest BCUT2D eigenvalue weighted by atomic mass is 10.2. The van der Waals surface area contributed by atoms with Crippen LogP contribution in [-0.4, -0.2) is 21.9 Å². The first-order valence-electron chi connectivity index (χ1n) is 9.41. The van der Waals surface area contributed by atoms with Crippen LogP contribution in [0.1, 0.15) is 5.56 Å². The van der Waals surface area contributed by atoms with Crippen LogP contribution in [0.2, 0.25) is 0 Å². The third kappa shape index (κ3) is 3.34. The average molecular weight is 398 g/mol. The molecule has 0 atom stereocenters.